The van der Waals surface area contributed by atoms with Crippen molar-refractivity contribution in [2.75, 3.05) is 46.3 Å². The van der Waals surface area contributed by atoms with Crippen molar-refractivity contribution in [2.24, 2.45) is 5.92 Å². The first-order valence-corrected chi connectivity index (χ1v) is 7.34. The van der Waals surface area contributed by atoms with Crippen molar-refractivity contribution in [3.05, 3.63) is 12.2 Å². The van der Waals surface area contributed by atoms with E-state index in [1.54, 1.807) is 0 Å². The van der Waals surface area contributed by atoms with Crippen LogP contribution in [0.3, 0.4) is 0 Å². The van der Waals surface area contributed by atoms with Crippen LogP contribution in [0, 0.1) is 5.92 Å². The van der Waals surface area contributed by atoms with Gasteiger partial charge in [-0.05, 0) is 52.7 Å². The fourth-order valence-electron chi connectivity index (χ4n) is 2.62. The molecule has 1 atom stereocenters. The second kappa shape index (κ2) is 8.33. The molecule has 4 nitrogen and oxygen atoms in total. The Bertz CT molecular complexity index is 298. The summed E-state index contributed by atoms with van der Waals surface area (Å²) in [6.07, 6.45) is 2.53. The fourth-order valence-corrected chi connectivity index (χ4v) is 2.62. The summed E-state index contributed by atoms with van der Waals surface area (Å²) in [7, 11) is 2.04. The molecule has 1 rings (SSSR count). The van der Waals surface area contributed by atoms with E-state index >= 15 is 0 Å². The van der Waals surface area contributed by atoms with E-state index in [1.807, 2.05) is 25.8 Å². The van der Waals surface area contributed by atoms with Crippen LogP contribution in [0.25, 0.3) is 0 Å². The average molecular weight is 267 g/mol. The second-order valence-electron chi connectivity index (χ2n) is 5.77. The van der Waals surface area contributed by atoms with Gasteiger partial charge in [0.2, 0.25) is 5.91 Å². The molecule has 1 fully saturated rings. The van der Waals surface area contributed by atoms with Crippen molar-refractivity contribution in [2.45, 2.75) is 26.7 Å². The Hall–Kier alpha value is -0.870. The summed E-state index contributed by atoms with van der Waals surface area (Å²) >= 11 is 0. The molecule has 0 spiro atoms. The van der Waals surface area contributed by atoms with Gasteiger partial charge in [0, 0.05) is 19.6 Å². The first kappa shape index (κ1) is 16.2. The van der Waals surface area contributed by atoms with Crippen molar-refractivity contribution < 1.29 is 4.79 Å². The zero-order valence-corrected chi connectivity index (χ0v) is 12.7. The number of nitrogens with zero attached hydrogens (tertiary/aromatic N) is 2. The Morgan fingerprint density at radius 2 is 2.16 bits per heavy atom. The van der Waals surface area contributed by atoms with Crippen LogP contribution in [-0.4, -0.2) is 62.0 Å². The van der Waals surface area contributed by atoms with Crippen LogP contribution >= 0.6 is 0 Å². The molecule has 19 heavy (non-hydrogen) atoms. The molecule has 0 aromatic carbocycles. The number of nitrogens with one attached hydrogen (secondary N) is 1. The highest BCUT2D eigenvalue weighted by Gasteiger charge is 2.18. The third-order valence-corrected chi connectivity index (χ3v) is 3.57. The maximum atomic E-state index is 12.2. The van der Waals surface area contributed by atoms with Gasteiger partial charge in [-0.2, -0.15) is 0 Å². The van der Waals surface area contributed by atoms with Gasteiger partial charge in [0.05, 0.1) is 6.54 Å². The van der Waals surface area contributed by atoms with E-state index in [1.165, 1.54) is 12.8 Å². The molecule has 1 N–H and O–H groups in total. The van der Waals surface area contributed by atoms with Crippen LogP contribution in [0.4, 0.5) is 0 Å². The molecular formula is C15H29N3O. The van der Waals surface area contributed by atoms with Crippen molar-refractivity contribution >= 4 is 5.91 Å². The van der Waals surface area contributed by atoms with E-state index in [-0.39, 0.29) is 5.91 Å². The zero-order valence-electron chi connectivity index (χ0n) is 12.7. The minimum absolute atomic E-state index is 0.205. The third kappa shape index (κ3) is 6.21. The predicted molar refractivity (Wildman–Crippen MR) is 80.2 cm³/mol. The highest BCUT2D eigenvalue weighted by molar-refractivity contribution is 5.78. The SMILES string of the molecule is C=C(C)CN(CC)C(=O)CN(C)CC1CCCNC1. The number of carbonyl (C=O) groups excluding carboxylic acids is 1. The van der Waals surface area contributed by atoms with Crippen molar-refractivity contribution in [3.63, 3.8) is 0 Å². The third-order valence-electron chi connectivity index (χ3n) is 3.57. The molecule has 1 aliphatic heterocycles. The maximum absolute atomic E-state index is 12.2. The number of likely N-dealkylation sites (N-methyl/N-ethyl adjacent to an activating group) is 2. The molecule has 0 aromatic heterocycles. The summed E-state index contributed by atoms with van der Waals surface area (Å²) in [5.41, 5.74) is 1.04. The summed E-state index contributed by atoms with van der Waals surface area (Å²) in [4.78, 5) is 16.2. The first-order chi connectivity index (χ1) is 9.02. The van der Waals surface area contributed by atoms with E-state index in [9.17, 15) is 4.79 Å². The van der Waals surface area contributed by atoms with Gasteiger partial charge in [-0.15, -0.1) is 0 Å². The smallest absolute Gasteiger partial charge is 0.237 e. The Labute approximate surface area is 117 Å². The largest absolute Gasteiger partial charge is 0.338 e. The number of hydrogen-bond acceptors (Lipinski definition) is 3. The zero-order chi connectivity index (χ0) is 14.3. The van der Waals surface area contributed by atoms with Crippen LogP contribution in [0.5, 0.6) is 0 Å². The molecule has 0 saturated carbocycles. The number of amides is 1. The molecule has 1 unspecified atom stereocenters. The minimum atomic E-state index is 0.205. The quantitative estimate of drug-likeness (QED) is 0.707. The number of piperidine rings is 1. The van der Waals surface area contributed by atoms with Crippen LogP contribution in [0.2, 0.25) is 0 Å². The lowest BCUT2D eigenvalue weighted by molar-refractivity contribution is -0.131. The molecule has 1 amide bonds. The summed E-state index contributed by atoms with van der Waals surface area (Å²) in [5.74, 6) is 0.888. The van der Waals surface area contributed by atoms with E-state index in [0.717, 1.165) is 31.8 Å². The Kier molecular flexibility index (Phi) is 7.10. The molecule has 0 aromatic rings. The summed E-state index contributed by atoms with van der Waals surface area (Å²) < 4.78 is 0. The van der Waals surface area contributed by atoms with E-state index in [4.69, 9.17) is 0 Å². The van der Waals surface area contributed by atoms with Crippen LogP contribution < -0.4 is 5.32 Å². The lowest BCUT2D eigenvalue weighted by Gasteiger charge is -2.29. The highest BCUT2D eigenvalue weighted by atomic mass is 16.2. The molecule has 1 aliphatic rings. The van der Waals surface area contributed by atoms with E-state index < -0.39 is 0 Å². The van der Waals surface area contributed by atoms with Gasteiger partial charge in [0.1, 0.15) is 0 Å². The van der Waals surface area contributed by atoms with Crippen LogP contribution in [0.15, 0.2) is 12.2 Å². The highest BCUT2D eigenvalue weighted by Crippen LogP contribution is 2.11. The second-order valence-corrected chi connectivity index (χ2v) is 5.77. The Balaban J connectivity index is 2.34. The summed E-state index contributed by atoms with van der Waals surface area (Å²) in [6, 6.07) is 0. The monoisotopic (exact) mass is 267 g/mol. The summed E-state index contributed by atoms with van der Waals surface area (Å²) in [6.45, 7) is 13.0. The van der Waals surface area contributed by atoms with Crippen LogP contribution in [-0.2, 0) is 4.79 Å². The van der Waals surface area contributed by atoms with Crippen LogP contribution in [0.1, 0.15) is 26.7 Å². The van der Waals surface area contributed by atoms with Gasteiger partial charge in [0.15, 0.2) is 0 Å². The summed E-state index contributed by atoms with van der Waals surface area (Å²) in [5, 5.41) is 3.42. The lowest BCUT2D eigenvalue weighted by Crippen LogP contribution is -2.43. The number of carbonyl (C=O) groups is 1. The molecule has 0 aliphatic carbocycles. The first-order valence-electron chi connectivity index (χ1n) is 7.34. The predicted octanol–water partition coefficient (Wildman–Crippen LogP) is 1.34. The maximum Gasteiger partial charge on any atom is 0.237 e. The number of rotatable bonds is 7. The molecule has 1 heterocycles. The average Bonchev–Trinajstić information content (AvgIpc) is 2.36. The number of hydrogen-bond donors (Lipinski definition) is 1. The topological polar surface area (TPSA) is 35.6 Å². The molecular weight excluding hydrogens is 238 g/mol. The molecule has 1 saturated heterocycles. The minimum Gasteiger partial charge on any atom is -0.338 e. The normalized spacial score (nSPS) is 19.5. The molecule has 4 heteroatoms. The van der Waals surface area contributed by atoms with Gasteiger partial charge in [0.25, 0.3) is 0 Å². The molecule has 0 radical (unpaired) electrons. The van der Waals surface area contributed by atoms with Gasteiger partial charge < -0.3 is 10.2 Å². The van der Waals surface area contributed by atoms with Gasteiger partial charge in [-0.1, -0.05) is 12.2 Å². The van der Waals surface area contributed by atoms with Crippen molar-refractivity contribution in [3.8, 4) is 0 Å². The lowest BCUT2D eigenvalue weighted by atomic mass is 9.99. The van der Waals surface area contributed by atoms with Gasteiger partial charge >= 0.3 is 0 Å². The Morgan fingerprint density at radius 1 is 1.42 bits per heavy atom. The fraction of sp³-hybridized carbons (Fsp3) is 0.800. The molecule has 0 bridgehead atoms. The van der Waals surface area contributed by atoms with Crippen molar-refractivity contribution in [1.29, 1.82) is 0 Å². The van der Waals surface area contributed by atoms with E-state index in [0.29, 0.717) is 19.0 Å². The van der Waals surface area contributed by atoms with Gasteiger partial charge in [-0.3, -0.25) is 9.69 Å². The standard InChI is InChI=1S/C15H29N3O/c1-5-18(10-13(2)3)15(19)12-17(4)11-14-7-6-8-16-9-14/h14,16H,2,5-12H2,1,3-4H3. The van der Waals surface area contributed by atoms with Gasteiger partial charge in [-0.25, -0.2) is 0 Å². The molecule has 110 valence electrons. The Morgan fingerprint density at radius 3 is 2.68 bits per heavy atom. The van der Waals surface area contributed by atoms with Crippen molar-refractivity contribution in [1.82, 2.24) is 15.1 Å². The van der Waals surface area contributed by atoms with E-state index in [2.05, 4.69) is 16.8 Å².